The van der Waals surface area contributed by atoms with Crippen LogP contribution in [0.5, 0.6) is 0 Å². The Morgan fingerprint density at radius 3 is 2.48 bits per heavy atom. The molecule has 0 spiro atoms. The SMILES string of the molecule is Nc1ccc(S(=O)(=O)Nc2ccccc2Cl)c(C(=O)O)c1. The lowest BCUT2D eigenvalue weighted by atomic mass is 10.2. The van der Waals surface area contributed by atoms with Gasteiger partial charge in [-0.15, -0.1) is 0 Å². The van der Waals surface area contributed by atoms with Gasteiger partial charge in [0.05, 0.1) is 16.3 Å². The van der Waals surface area contributed by atoms with Crippen LogP contribution in [0, 0.1) is 0 Å². The standard InChI is InChI=1S/C13H11ClN2O4S/c14-10-3-1-2-4-11(10)16-21(19,20)12-6-5-8(15)7-9(12)13(17)18/h1-7,16H,15H2,(H,17,18). The minimum absolute atomic E-state index is 0.157. The lowest BCUT2D eigenvalue weighted by molar-refractivity contribution is 0.0692. The summed E-state index contributed by atoms with van der Waals surface area (Å²) in [7, 11) is -4.10. The number of nitrogens with one attached hydrogen (secondary N) is 1. The molecule has 2 aromatic carbocycles. The van der Waals surface area contributed by atoms with Gasteiger partial charge in [0, 0.05) is 5.69 Å². The van der Waals surface area contributed by atoms with E-state index >= 15 is 0 Å². The number of rotatable bonds is 4. The van der Waals surface area contributed by atoms with Gasteiger partial charge in [-0.2, -0.15) is 0 Å². The van der Waals surface area contributed by atoms with E-state index in [2.05, 4.69) is 4.72 Å². The molecule has 21 heavy (non-hydrogen) atoms. The minimum atomic E-state index is -4.10. The van der Waals surface area contributed by atoms with E-state index in [0.717, 1.165) is 12.1 Å². The van der Waals surface area contributed by atoms with E-state index in [1.165, 1.54) is 18.2 Å². The first-order chi connectivity index (χ1) is 9.81. The Bertz CT molecular complexity index is 806. The number of hydrogen-bond acceptors (Lipinski definition) is 4. The number of anilines is 2. The van der Waals surface area contributed by atoms with E-state index in [9.17, 15) is 13.2 Å². The van der Waals surface area contributed by atoms with Crippen LogP contribution in [0.3, 0.4) is 0 Å². The quantitative estimate of drug-likeness (QED) is 0.747. The van der Waals surface area contributed by atoms with Gasteiger partial charge in [-0.25, -0.2) is 13.2 Å². The monoisotopic (exact) mass is 326 g/mol. The van der Waals surface area contributed by atoms with Crippen molar-refractivity contribution in [3.63, 3.8) is 0 Å². The Morgan fingerprint density at radius 1 is 1.19 bits per heavy atom. The average Bonchev–Trinajstić information content (AvgIpc) is 2.40. The summed E-state index contributed by atoms with van der Waals surface area (Å²) in [6, 6.07) is 9.77. The van der Waals surface area contributed by atoms with Crippen LogP contribution in [0.1, 0.15) is 10.4 Å². The van der Waals surface area contributed by atoms with Crippen molar-refractivity contribution in [1.29, 1.82) is 0 Å². The van der Waals surface area contributed by atoms with Gasteiger partial charge in [-0.3, -0.25) is 4.72 Å². The number of sulfonamides is 1. The number of aromatic carboxylic acids is 1. The third kappa shape index (κ3) is 3.26. The van der Waals surface area contributed by atoms with Gasteiger partial charge in [-0.05, 0) is 30.3 Å². The molecular formula is C13H11ClN2O4S. The first-order valence-electron chi connectivity index (χ1n) is 5.71. The van der Waals surface area contributed by atoms with Crippen molar-refractivity contribution in [1.82, 2.24) is 0 Å². The Kier molecular flexibility index (Phi) is 4.06. The summed E-state index contributed by atoms with van der Waals surface area (Å²) >= 11 is 5.88. The fourth-order valence-electron chi connectivity index (χ4n) is 1.69. The van der Waals surface area contributed by atoms with Crippen LogP contribution in [0.15, 0.2) is 47.4 Å². The number of halogens is 1. The second kappa shape index (κ2) is 5.63. The van der Waals surface area contributed by atoms with E-state index in [1.807, 2.05) is 0 Å². The van der Waals surface area contributed by atoms with Crippen molar-refractivity contribution in [3.8, 4) is 0 Å². The van der Waals surface area contributed by atoms with E-state index in [1.54, 1.807) is 12.1 Å². The zero-order valence-corrected chi connectivity index (χ0v) is 12.1. The number of nitrogen functional groups attached to an aromatic ring is 1. The summed E-state index contributed by atoms with van der Waals surface area (Å²) in [5.74, 6) is -1.39. The van der Waals surface area contributed by atoms with Crippen molar-refractivity contribution in [2.75, 3.05) is 10.5 Å². The van der Waals surface area contributed by atoms with Crippen molar-refractivity contribution < 1.29 is 18.3 Å². The normalized spacial score (nSPS) is 11.1. The summed E-state index contributed by atoms with van der Waals surface area (Å²) < 4.78 is 26.9. The summed E-state index contributed by atoms with van der Waals surface area (Å²) in [6.45, 7) is 0. The van der Waals surface area contributed by atoms with Crippen LogP contribution < -0.4 is 10.5 Å². The summed E-state index contributed by atoms with van der Waals surface area (Å²) in [4.78, 5) is 10.8. The molecule has 4 N–H and O–H groups in total. The van der Waals surface area contributed by atoms with E-state index in [4.69, 9.17) is 22.4 Å². The van der Waals surface area contributed by atoms with Gasteiger partial charge < -0.3 is 10.8 Å². The van der Waals surface area contributed by atoms with Gasteiger partial charge in [0.1, 0.15) is 4.90 Å². The molecule has 0 amide bonds. The molecule has 2 aromatic rings. The van der Waals surface area contributed by atoms with E-state index in [-0.39, 0.29) is 21.3 Å². The molecule has 0 aliphatic rings. The van der Waals surface area contributed by atoms with Crippen molar-refractivity contribution >= 4 is 39.0 Å². The molecule has 6 nitrogen and oxygen atoms in total. The Balaban J connectivity index is 2.50. The van der Waals surface area contributed by atoms with Gasteiger partial charge in [0.2, 0.25) is 0 Å². The largest absolute Gasteiger partial charge is 0.478 e. The van der Waals surface area contributed by atoms with Crippen LogP contribution in [0.4, 0.5) is 11.4 Å². The maximum absolute atomic E-state index is 12.3. The molecule has 0 saturated heterocycles. The van der Waals surface area contributed by atoms with Crippen LogP contribution in [0.25, 0.3) is 0 Å². The molecule has 0 atom stereocenters. The number of carbonyl (C=O) groups is 1. The molecule has 0 unspecified atom stereocenters. The predicted octanol–water partition coefficient (Wildman–Crippen LogP) is 2.42. The molecule has 0 saturated carbocycles. The predicted molar refractivity (Wildman–Crippen MR) is 80.1 cm³/mol. The molecule has 0 aliphatic carbocycles. The number of para-hydroxylation sites is 1. The topological polar surface area (TPSA) is 109 Å². The number of hydrogen-bond donors (Lipinski definition) is 3. The lowest BCUT2D eigenvalue weighted by Gasteiger charge is -2.11. The van der Waals surface area contributed by atoms with E-state index < -0.39 is 21.6 Å². The summed E-state index contributed by atoms with van der Waals surface area (Å²) in [5, 5.41) is 9.30. The lowest BCUT2D eigenvalue weighted by Crippen LogP contribution is -2.17. The van der Waals surface area contributed by atoms with Crippen molar-refractivity contribution in [2.45, 2.75) is 4.90 Å². The van der Waals surface area contributed by atoms with Crippen LogP contribution in [-0.4, -0.2) is 19.5 Å². The third-order valence-electron chi connectivity index (χ3n) is 2.64. The van der Waals surface area contributed by atoms with Crippen LogP contribution in [-0.2, 0) is 10.0 Å². The molecule has 2 rings (SSSR count). The highest BCUT2D eigenvalue weighted by atomic mass is 35.5. The van der Waals surface area contributed by atoms with Gasteiger partial charge in [0.15, 0.2) is 0 Å². The third-order valence-corrected chi connectivity index (χ3v) is 4.39. The molecular weight excluding hydrogens is 316 g/mol. The Morgan fingerprint density at radius 2 is 1.86 bits per heavy atom. The second-order valence-corrected chi connectivity index (χ2v) is 6.20. The summed E-state index contributed by atoms with van der Waals surface area (Å²) in [6.07, 6.45) is 0. The van der Waals surface area contributed by atoms with Crippen molar-refractivity contribution in [2.24, 2.45) is 0 Å². The molecule has 0 heterocycles. The molecule has 0 fully saturated rings. The van der Waals surface area contributed by atoms with Gasteiger partial charge in [-0.1, -0.05) is 23.7 Å². The molecule has 8 heteroatoms. The minimum Gasteiger partial charge on any atom is -0.478 e. The van der Waals surface area contributed by atoms with Gasteiger partial charge in [0.25, 0.3) is 10.0 Å². The molecule has 0 aliphatic heterocycles. The highest BCUT2D eigenvalue weighted by molar-refractivity contribution is 7.92. The first-order valence-corrected chi connectivity index (χ1v) is 7.57. The summed E-state index contributed by atoms with van der Waals surface area (Å²) in [5.41, 5.74) is 5.39. The number of nitrogens with two attached hydrogens (primary N) is 1. The maximum atomic E-state index is 12.3. The fraction of sp³-hybridized carbons (Fsp3) is 0. The number of carboxylic acids is 1. The van der Waals surface area contributed by atoms with Gasteiger partial charge >= 0.3 is 5.97 Å². The van der Waals surface area contributed by atoms with Crippen LogP contribution >= 0.6 is 11.6 Å². The highest BCUT2D eigenvalue weighted by Gasteiger charge is 2.23. The Hall–Kier alpha value is -2.25. The Labute approximate surface area is 126 Å². The average molecular weight is 327 g/mol. The highest BCUT2D eigenvalue weighted by Crippen LogP contribution is 2.26. The zero-order valence-electron chi connectivity index (χ0n) is 10.6. The molecule has 0 radical (unpaired) electrons. The molecule has 0 aromatic heterocycles. The first kappa shape index (κ1) is 15.1. The number of benzene rings is 2. The zero-order chi connectivity index (χ0) is 15.6. The second-order valence-electron chi connectivity index (χ2n) is 4.15. The van der Waals surface area contributed by atoms with Crippen molar-refractivity contribution in [3.05, 3.63) is 53.1 Å². The number of carboxylic acid groups (broad SMARTS) is 1. The maximum Gasteiger partial charge on any atom is 0.337 e. The molecule has 0 bridgehead atoms. The smallest absolute Gasteiger partial charge is 0.337 e. The fourth-order valence-corrected chi connectivity index (χ4v) is 3.19. The molecule has 110 valence electrons. The van der Waals surface area contributed by atoms with E-state index in [0.29, 0.717) is 0 Å². The van der Waals surface area contributed by atoms with Crippen LogP contribution in [0.2, 0.25) is 5.02 Å².